The van der Waals surface area contributed by atoms with Crippen LogP contribution in [0.1, 0.15) is 77.5 Å². The monoisotopic (exact) mass is 939 g/mol. The van der Waals surface area contributed by atoms with E-state index in [9.17, 15) is 29.7 Å². The second-order valence-electron chi connectivity index (χ2n) is 16.9. The summed E-state index contributed by atoms with van der Waals surface area (Å²) in [5.41, 5.74) is 4.07. The number of carbonyl (C=O) groups is 3. The number of nitrogens with one attached hydrogen (secondary N) is 1. The fraction of sp³-hybridized carbons (Fsp3) is 0.540. The summed E-state index contributed by atoms with van der Waals surface area (Å²) in [5.74, 6) is 4.33. The van der Waals surface area contributed by atoms with Crippen LogP contribution in [0.2, 0.25) is 0 Å². The van der Waals surface area contributed by atoms with E-state index in [1.807, 2.05) is 73.7 Å². The second-order valence-corrected chi connectivity index (χ2v) is 18.0. The first-order chi connectivity index (χ1) is 31.0. The zero-order valence-corrected chi connectivity index (χ0v) is 40.4. The molecule has 0 saturated carbocycles. The highest BCUT2D eigenvalue weighted by molar-refractivity contribution is 7.99. The van der Waals surface area contributed by atoms with Crippen molar-refractivity contribution in [3.05, 3.63) is 82.4 Å². The van der Waals surface area contributed by atoms with E-state index in [0.717, 1.165) is 67.0 Å². The van der Waals surface area contributed by atoms with Crippen molar-refractivity contribution >= 4 is 29.9 Å². The van der Waals surface area contributed by atoms with Crippen LogP contribution in [0.3, 0.4) is 0 Å². The van der Waals surface area contributed by atoms with Crippen molar-refractivity contribution in [2.24, 2.45) is 0 Å². The van der Waals surface area contributed by atoms with E-state index in [1.54, 1.807) is 65.0 Å². The lowest BCUT2D eigenvalue weighted by Crippen LogP contribution is -2.56. The number of phenols is 3. The van der Waals surface area contributed by atoms with Gasteiger partial charge in [-0.15, -0.1) is 0 Å². The minimum Gasteiger partial charge on any atom is -0.508 e. The molecular formula is C50H74N4O11S. The molecule has 6 rings (SSSR count). The minimum absolute atomic E-state index is 0. The summed E-state index contributed by atoms with van der Waals surface area (Å²) in [7, 11) is 3.68. The van der Waals surface area contributed by atoms with Gasteiger partial charge in [-0.25, -0.2) is 9.59 Å². The van der Waals surface area contributed by atoms with Gasteiger partial charge in [-0.05, 0) is 123 Å². The van der Waals surface area contributed by atoms with E-state index < -0.39 is 0 Å². The maximum Gasteiger partial charge on any atom is 0.410 e. The van der Waals surface area contributed by atoms with Gasteiger partial charge in [0.1, 0.15) is 54.3 Å². The smallest absolute Gasteiger partial charge is 0.410 e. The van der Waals surface area contributed by atoms with Gasteiger partial charge in [0.15, 0.2) is 0 Å². The summed E-state index contributed by atoms with van der Waals surface area (Å²) in [4.78, 5) is 41.9. The molecule has 2 heterocycles. The molecular weight excluding hydrogens is 865 g/mol. The number of phenolic OH excluding ortho intramolecular Hbond substituents is 3. The number of likely N-dealkylation sites (N-methyl/N-ethyl adjacent to an activating group) is 2. The summed E-state index contributed by atoms with van der Waals surface area (Å²) in [5, 5.41) is 31.8. The van der Waals surface area contributed by atoms with Crippen molar-refractivity contribution in [3.8, 4) is 34.5 Å². The number of benzene rings is 3. The lowest BCUT2D eigenvalue weighted by Gasteiger charge is -2.39. The SMILES string of the molecule is C.CNC(=O)C1=C(COc2cccc(O)c2C)CCCC1.Cc1c(O)cccc1OCC1CN(C)CCN1C(=O)OC(C)C.Cc1c(O)cccc1OCC1CSCCN1C(=O)OC(C)C. The van der Waals surface area contributed by atoms with Crippen LogP contribution in [0.5, 0.6) is 34.5 Å². The van der Waals surface area contributed by atoms with E-state index in [-0.39, 0.29) is 67.1 Å². The Kier molecular flexibility index (Phi) is 22.6. The Morgan fingerprint density at radius 3 is 1.67 bits per heavy atom. The molecule has 2 aliphatic heterocycles. The van der Waals surface area contributed by atoms with Gasteiger partial charge in [-0.1, -0.05) is 25.6 Å². The Bertz CT molecular complexity index is 2060. The van der Waals surface area contributed by atoms with Crippen molar-refractivity contribution in [2.75, 3.05) is 71.6 Å². The second kappa shape index (κ2) is 27.2. The van der Waals surface area contributed by atoms with Gasteiger partial charge in [0, 0.05) is 67.0 Å². The molecule has 2 unspecified atom stereocenters. The number of hydrogen-bond donors (Lipinski definition) is 4. The van der Waals surface area contributed by atoms with Crippen molar-refractivity contribution in [2.45, 2.75) is 106 Å². The first-order valence-corrected chi connectivity index (χ1v) is 23.5. The van der Waals surface area contributed by atoms with E-state index >= 15 is 0 Å². The number of amides is 3. The van der Waals surface area contributed by atoms with Crippen LogP contribution < -0.4 is 19.5 Å². The molecule has 0 bridgehead atoms. The average molecular weight is 939 g/mol. The Hall–Kier alpha value is -5.48. The molecule has 3 amide bonds. The van der Waals surface area contributed by atoms with Crippen molar-refractivity contribution < 1.29 is 53.4 Å². The molecule has 16 heteroatoms. The van der Waals surface area contributed by atoms with Crippen LogP contribution in [-0.4, -0.2) is 144 Å². The first kappa shape index (κ1) is 54.9. The van der Waals surface area contributed by atoms with Gasteiger partial charge in [0.25, 0.3) is 0 Å². The molecule has 2 fully saturated rings. The zero-order chi connectivity index (χ0) is 47.6. The van der Waals surface area contributed by atoms with Gasteiger partial charge in [-0.3, -0.25) is 9.69 Å². The van der Waals surface area contributed by atoms with Crippen molar-refractivity contribution in [1.82, 2.24) is 20.0 Å². The fourth-order valence-corrected chi connectivity index (χ4v) is 8.37. The van der Waals surface area contributed by atoms with E-state index in [1.165, 1.54) is 0 Å². The number of thioether (sulfide) groups is 1. The largest absolute Gasteiger partial charge is 0.508 e. The number of ether oxygens (including phenoxy) is 5. The van der Waals surface area contributed by atoms with Gasteiger partial charge in [-0.2, -0.15) is 11.8 Å². The summed E-state index contributed by atoms with van der Waals surface area (Å²) >= 11 is 1.81. The maximum atomic E-state index is 12.2. The molecule has 366 valence electrons. The van der Waals surface area contributed by atoms with Gasteiger partial charge < -0.3 is 54.1 Å². The zero-order valence-electron chi connectivity index (χ0n) is 39.6. The molecule has 2 saturated heterocycles. The van der Waals surface area contributed by atoms with Crippen LogP contribution in [0.15, 0.2) is 65.7 Å². The van der Waals surface area contributed by atoms with Crippen molar-refractivity contribution in [3.63, 3.8) is 0 Å². The van der Waals surface area contributed by atoms with Gasteiger partial charge in [0.2, 0.25) is 5.91 Å². The molecule has 0 aromatic heterocycles. The lowest BCUT2D eigenvalue weighted by molar-refractivity contribution is -0.117. The predicted octanol–water partition coefficient (Wildman–Crippen LogP) is 8.61. The Labute approximate surface area is 396 Å². The molecule has 2 atom stereocenters. The molecule has 3 aliphatic rings. The molecule has 0 radical (unpaired) electrons. The first-order valence-electron chi connectivity index (χ1n) is 22.4. The summed E-state index contributed by atoms with van der Waals surface area (Å²) < 4.78 is 28.1. The Balaban J connectivity index is 0.000000261. The standard InChI is InChI=1S/C17H26N2O4.C16H23NO4S.C16H21NO3.CH4/c1-12(2)23-17(21)19-9-8-18(4)10-14(19)11-22-16-7-5-6-15(20)13(16)3;1-11(2)21-16(19)17-7-8-22-10-13(17)9-20-15-6-4-5-14(18)12(15)3;1-11-14(18)8-5-9-15(11)20-10-12-6-3-4-7-13(12)16(19)17-2;/h5-7,12,14,20H,8-11H2,1-4H3;4-6,11,13,18H,7-10H2,1-3H3;5,8-9,18H,3-4,6-7,10H2,1-2H3,(H,17,19);1H4. The third kappa shape index (κ3) is 16.4. The Morgan fingerprint density at radius 2 is 1.17 bits per heavy atom. The van der Waals surface area contributed by atoms with E-state index in [2.05, 4.69) is 10.2 Å². The molecule has 3 aromatic carbocycles. The predicted molar refractivity (Wildman–Crippen MR) is 260 cm³/mol. The van der Waals surface area contributed by atoms with E-state index in [4.69, 9.17) is 23.7 Å². The highest BCUT2D eigenvalue weighted by atomic mass is 32.2. The summed E-state index contributed by atoms with van der Waals surface area (Å²) in [6.07, 6.45) is 3.02. The average Bonchev–Trinajstić information content (AvgIpc) is 3.28. The number of aromatic hydroxyl groups is 3. The molecule has 1 aliphatic carbocycles. The Morgan fingerprint density at radius 1 is 0.697 bits per heavy atom. The van der Waals surface area contributed by atoms with Gasteiger partial charge in [0.05, 0.1) is 24.3 Å². The molecule has 66 heavy (non-hydrogen) atoms. The number of rotatable bonds is 12. The number of piperazine rings is 1. The van der Waals surface area contributed by atoms with Crippen LogP contribution in [0.25, 0.3) is 0 Å². The normalized spacial score (nSPS) is 17.3. The van der Waals surface area contributed by atoms with Crippen LogP contribution >= 0.6 is 11.8 Å². The highest BCUT2D eigenvalue weighted by Crippen LogP contribution is 2.31. The van der Waals surface area contributed by atoms with Crippen LogP contribution in [0, 0.1) is 20.8 Å². The van der Waals surface area contributed by atoms with Crippen LogP contribution in [0.4, 0.5) is 9.59 Å². The summed E-state index contributed by atoms with van der Waals surface area (Å²) in [6.45, 7) is 16.8. The maximum absolute atomic E-state index is 12.2. The molecule has 0 spiro atoms. The quantitative estimate of drug-likeness (QED) is 0.136. The number of nitrogens with zero attached hydrogens (tertiary/aromatic N) is 3. The van der Waals surface area contributed by atoms with Gasteiger partial charge >= 0.3 is 12.2 Å². The molecule has 3 aromatic rings. The molecule has 4 N–H and O–H groups in total. The van der Waals surface area contributed by atoms with E-state index in [0.29, 0.717) is 61.3 Å². The topological polar surface area (TPSA) is 180 Å². The summed E-state index contributed by atoms with van der Waals surface area (Å²) in [6, 6.07) is 15.5. The number of carbonyl (C=O) groups excluding carboxylic acids is 3. The number of hydrogen-bond acceptors (Lipinski definition) is 13. The lowest BCUT2D eigenvalue weighted by atomic mass is 9.91. The van der Waals surface area contributed by atoms with Crippen molar-refractivity contribution in [1.29, 1.82) is 0 Å². The minimum atomic E-state index is -0.297. The highest BCUT2D eigenvalue weighted by Gasteiger charge is 2.32. The van der Waals surface area contributed by atoms with Crippen LogP contribution in [-0.2, 0) is 14.3 Å². The molecule has 15 nitrogen and oxygen atoms in total. The fourth-order valence-electron chi connectivity index (χ4n) is 7.33. The third-order valence-corrected chi connectivity index (χ3v) is 12.3. The third-order valence-electron chi connectivity index (χ3n) is 11.2.